The van der Waals surface area contributed by atoms with Crippen LogP contribution in [0.2, 0.25) is 5.02 Å². The van der Waals surface area contributed by atoms with E-state index in [2.05, 4.69) is 0 Å². The van der Waals surface area contributed by atoms with Crippen LogP contribution in [-0.4, -0.2) is 58.4 Å². The van der Waals surface area contributed by atoms with E-state index in [0.717, 1.165) is 25.7 Å². The average Bonchev–Trinajstić information content (AvgIpc) is 3.12. The van der Waals surface area contributed by atoms with Gasteiger partial charge in [-0.3, -0.25) is 4.79 Å². The van der Waals surface area contributed by atoms with Crippen LogP contribution < -0.4 is 9.47 Å². The smallest absolute Gasteiger partial charge is 0.338 e. The Kier molecular flexibility index (Phi) is 8.34. The van der Waals surface area contributed by atoms with Crippen LogP contribution in [0.3, 0.4) is 0 Å². The molecule has 0 amide bonds. The summed E-state index contributed by atoms with van der Waals surface area (Å²) in [6.45, 7) is 0.273. The molecule has 3 rings (SSSR count). The van der Waals surface area contributed by atoms with Crippen molar-refractivity contribution in [2.75, 3.05) is 33.9 Å². The Bertz CT molecular complexity index is 1130. The van der Waals surface area contributed by atoms with Crippen LogP contribution in [0.4, 0.5) is 0 Å². The Labute approximate surface area is 198 Å². The molecule has 0 unspecified atom stereocenters. The molecule has 0 radical (unpaired) electrons. The highest BCUT2D eigenvalue weighted by molar-refractivity contribution is 7.89. The molecule has 2 aromatic rings. The van der Waals surface area contributed by atoms with E-state index in [1.54, 1.807) is 12.1 Å². The van der Waals surface area contributed by atoms with Crippen LogP contribution in [0, 0.1) is 0 Å². The van der Waals surface area contributed by atoms with Gasteiger partial charge in [-0.2, -0.15) is 4.31 Å². The summed E-state index contributed by atoms with van der Waals surface area (Å²) in [4.78, 5) is 25.0. The third kappa shape index (κ3) is 5.85. The van der Waals surface area contributed by atoms with Crippen molar-refractivity contribution in [2.45, 2.75) is 30.6 Å². The van der Waals surface area contributed by atoms with Crippen molar-refractivity contribution in [3.8, 4) is 11.5 Å². The van der Waals surface area contributed by atoms with Gasteiger partial charge in [0.15, 0.2) is 6.61 Å². The van der Waals surface area contributed by atoms with Crippen molar-refractivity contribution in [3.05, 3.63) is 52.5 Å². The van der Waals surface area contributed by atoms with Crippen molar-refractivity contribution in [1.29, 1.82) is 0 Å². The number of halogens is 1. The van der Waals surface area contributed by atoms with E-state index in [1.807, 2.05) is 0 Å². The molecular weight excluding hydrogens is 470 g/mol. The zero-order valence-electron chi connectivity index (χ0n) is 18.5. The fraction of sp³-hybridized carbons (Fsp3) is 0.391. The predicted octanol–water partition coefficient (Wildman–Crippen LogP) is 3.96. The Balaban J connectivity index is 1.75. The highest BCUT2D eigenvalue weighted by Gasteiger charge is 2.28. The molecule has 1 aliphatic rings. The van der Waals surface area contributed by atoms with Crippen LogP contribution in [0.15, 0.2) is 41.3 Å². The van der Waals surface area contributed by atoms with E-state index in [9.17, 15) is 18.0 Å². The molecule has 10 heteroatoms. The minimum atomic E-state index is -3.86. The molecule has 0 spiro atoms. The first-order valence-electron chi connectivity index (χ1n) is 10.5. The zero-order chi connectivity index (χ0) is 24.0. The summed E-state index contributed by atoms with van der Waals surface area (Å²) in [5.41, 5.74) is 0.217. The Morgan fingerprint density at radius 3 is 2.30 bits per heavy atom. The van der Waals surface area contributed by atoms with Gasteiger partial charge < -0.3 is 14.2 Å². The number of nitrogens with zero attached hydrogens (tertiary/aromatic N) is 1. The number of benzene rings is 2. The Hall–Kier alpha value is -2.62. The van der Waals surface area contributed by atoms with E-state index in [0.29, 0.717) is 18.8 Å². The van der Waals surface area contributed by atoms with Gasteiger partial charge in [0.2, 0.25) is 15.8 Å². The predicted molar refractivity (Wildman–Crippen MR) is 123 cm³/mol. The van der Waals surface area contributed by atoms with E-state index < -0.39 is 28.4 Å². The third-order valence-corrected chi connectivity index (χ3v) is 7.77. The first-order chi connectivity index (χ1) is 15.8. The van der Waals surface area contributed by atoms with Gasteiger partial charge in [-0.05, 0) is 43.2 Å². The topological polar surface area (TPSA) is 99.2 Å². The lowest BCUT2D eigenvalue weighted by molar-refractivity contribution is 0.0473. The third-order valence-electron chi connectivity index (χ3n) is 5.39. The SMILES string of the molecule is COc1ccc(C(=O)COC(=O)c2ccc(Cl)c(S(=O)(=O)N3CCCCCC3)c2)c(OC)c1. The van der Waals surface area contributed by atoms with Gasteiger partial charge in [-0.1, -0.05) is 24.4 Å². The van der Waals surface area contributed by atoms with E-state index in [-0.39, 0.29) is 26.8 Å². The molecule has 8 nitrogen and oxygen atoms in total. The lowest BCUT2D eigenvalue weighted by Crippen LogP contribution is -2.32. The zero-order valence-corrected chi connectivity index (χ0v) is 20.1. The second-order valence-corrected chi connectivity index (χ2v) is 9.84. The molecule has 1 heterocycles. The van der Waals surface area contributed by atoms with Gasteiger partial charge >= 0.3 is 5.97 Å². The maximum absolute atomic E-state index is 13.1. The summed E-state index contributed by atoms with van der Waals surface area (Å²) in [5.74, 6) is -0.513. The number of sulfonamides is 1. The maximum atomic E-state index is 13.1. The standard InChI is InChI=1S/C23H26ClNO7S/c1-30-17-8-9-18(21(14-17)31-2)20(26)15-32-23(27)16-7-10-19(24)22(13-16)33(28,29)25-11-5-3-4-6-12-25/h7-10,13-14H,3-6,11-12,15H2,1-2H3. The second kappa shape index (κ2) is 11.0. The molecule has 1 saturated heterocycles. The summed E-state index contributed by atoms with van der Waals surface area (Å²) in [5, 5.41) is 0.0230. The second-order valence-electron chi connectivity index (χ2n) is 7.53. The summed E-state index contributed by atoms with van der Waals surface area (Å²) >= 11 is 6.17. The number of hydrogen-bond acceptors (Lipinski definition) is 7. The fourth-order valence-corrected chi connectivity index (χ4v) is 5.59. The molecule has 1 fully saturated rings. The van der Waals surface area contributed by atoms with Gasteiger partial charge in [0.25, 0.3) is 0 Å². The van der Waals surface area contributed by atoms with Gasteiger partial charge in [0.05, 0.1) is 30.4 Å². The number of ketones is 1. The lowest BCUT2D eigenvalue weighted by Gasteiger charge is -2.21. The van der Waals surface area contributed by atoms with Crippen molar-refractivity contribution in [1.82, 2.24) is 4.31 Å². The van der Waals surface area contributed by atoms with Crippen LogP contribution in [0.5, 0.6) is 11.5 Å². The van der Waals surface area contributed by atoms with Crippen LogP contribution in [0.1, 0.15) is 46.4 Å². The average molecular weight is 496 g/mol. The van der Waals surface area contributed by atoms with E-state index in [1.165, 1.54) is 42.8 Å². The normalized spacial score (nSPS) is 14.9. The van der Waals surface area contributed by atoms with Crippen molar-refractivity contribution >= 4 is 33.4 Å². The molecule has 0 aliphatic carbocycles. The summed E-state index contributed by atoms with van der Waals surface area (Å²) < 4.78 is 43.1. The molecule has 0 saturated carbocycles. The maximum Gasteiger partial charge on any atom is 0.338 e. The molecule has 2 aromatic carbocycles. The van der Waals surface area contributed by atoms with Gasteiger partial charge in [-0.15, -0.1) is 0 Å². The number of hydrogen-bond donors (Lipinski definition) is 0. The number of rotatable bonds is 8. The number of methoxy groups -OCH3 is 2. The van der Waals surface area contributed by atoms with E-state index >= 15 is 0 Å². The molecular formula is C23H26ClNO7S. The Morgan fingerprint density at radius 1 is 0.970 bits per heavy atom. The summed E-state index contributed by atoms with van der Waals surface area (Å²) in [6, 6.07) is 8.57. The number of carbonyl (C=O) groups is 2. The number of Topliss-reactive ketones (excluding diaryl/α,β-unsaturated/α-hetero) is 1. The van der Waals surface area contributed by atoms with Crippen molar-refractivity contribution in [3.63, 3.8) is 0 Å². The van der Waals surface area contributed by atoms with Gasteiger partial charge in [0, 0.05) is 19.2 Å². The minimum Gasteiger partial charge on any atom is -0.497 e. The first-order valence-corrected chi connectivity index (χ1v) is 12.3. The monoisotopic (exact) mass is 495 g/mol. The molecule has 0 bridgehead atoms. The minimum absolute atomic E-state index is 0.0118. The lowest BCUT2D eigenvalue weighted by atomic mass is 10.1. The molecule has 0 aromatic heterocycles. The van der Waals surface area contributed by atoms with Crippen LogP contribution in [-0.2, 0) is 14.8 Å². The largest absolute Gasteiger partial charge is 0.497 e. The van der Waals surface area contributed by atoms with Crippen molar-refractivity contribution < 1.29 is 32.2 Å². The Morgan fingerprint density at radius 2 is 1.67 bits per heavy atom. The number of carbonyl (C=O) groups excluding carboxylic acids is 2. The van der Waals surface area contributed by atoms with Gasteiger partial charge in [0.1, 0.15) is 16.4 Å². The highest BCUT2D eigenvalue weighted by Crippen LogP contribution is 2.28. The fourth-order valence-electron chi connectivity index (χ4n) is 3.57. The highest BCUT2D eigenvalue weighted by atomic mass is 35.5. The molecule has 178 valence electrons. The van der Waals surface area contributed by atoms with Gasteiger partial charge in [-0.25, -0.2) is 13.2 Å². The van der Waals surface area contributed by atoms with Crippen LogP contribution in [0.25, 0.3) is 0 Å². The quantitative estimate of drug-likeness (QED) is 0.403. The molecule has 1 aliphatic heterocycles. The molecule has 0 N–H and O–H groups in total. The number of esters is 1. The summed E-state index contributed by atoms with van der Waals surface area (Å²) in [7, 11) is -0.958. The van der Waals surface area contributed by atoms with Crippen LogP contribution >= 0.6 is 11.6 Å². The van der Waals surface area contributed by atoms with Crippen molar-refractivity contribution in [2.24, 2.45) is 0 Å². The van der Waals surface area contributed by atoms with E-state index in [4.69, 9.17) is 25.8 Å². The summed E-state index contributed by atoms with van der Waals surface area (Å²) in [6.07, 6.45) is 3.49. The molecule has 0 atom stereocenters. The number of ether oxygens (including phenoxy) is 3. The first kappa shape index (κ1) is 25.0. The molecule has 33 heavy (non-hydrogen) atoms.